The molecule has 0 atom stereocenters. The van der Waals surface area contributed by atoms with Crippen LogP contribution < -0.4 is 10.5 Å². The van der Waals surface area contributed by atoms with Crippen LogP contribution in [0.15, 0.2) is 65.6 Å². The lowest BCUT2D eigenvalue weighted by Crippen LogP contribution is -2.06. The molecule has 0 heterocycles. The highest BCUT2D eigenvalue weighted by Crippen LogP contribution is 2.28. The van der Waals surface area contributed by atoms with Crippen LogP contribution in [0.25, 0.3) is 10.8 Å². The van der Waals surface area contributed by atoms with Crippen LogP contribution >= 0.6 is 0 Å². The Kier molecular flexibility index (Phi) is 3.96. The summed E-state index contributed by atoms with van der Waals surface area (Å²) in [5.41, 5.74) is 7.35. The van der Waals surface area contributed by atoms with Crippen molar-refractivity contribution >= 4 is 26.3 Å². The van der Waals surface area contributed by atoms with Crippen LogP contribution in [0, 0.1) is 0 Å². The summed E-state index contributed by atoms with van der Waals surface area (Å²) >= 11 is 0. The Labute approximate surface area is 135 Å². The first-order valence-electron chi connectivity index (χ1n) is 7.14. The summed E-state index contributed by atoms with van der Waals surface area (Å²) in [7, 11) is -1.89. The molecule has 0 spiro atoms. The number of nitrogen functional groups attached to an aromatic ring is 1. The second-order valence-electron chi connectivity index (χ2n) is 5.29. The van der Waals surface area contributed by atoms with E-state index >= 15 is 0 Å². The number of methoxy groups -OCH3 is 1. The van der Waals surface area contributed by atoms with Gasteiger partial charge in [-0.05, 0) is 41.3 Å². The molecule has 0 saturated heterocycles. The maximum Gasteiger partial charge on any atom is 0.182 e. The molecule has 0 bridgehead atoms. The molecule has 0 unspecified atom stereocenters. The second-order valence-corrected chi connectivity index (χ2v) is 7.28. The molecule has 3 rings (SSSR count). The number of anilines is 1. The third-order valence-corrected chi connectivity index (χ3v) is 5.49. The molecule has 0 aliphatic rings. The van der Waals surface area contributed by atoms with E-state index < -0.39 is 9.84 Å². The molecule has 0 aliphatic heterocycles. The summed E-state index contributed by atoms with van der Waals surface area (Å²) in [6.07, 6.45) is 0. The quantitative estimate of drug-likeness (QED) is 0.746. The van der Waals surface area contributed by atoms with Crippen molar-refractivity contribution in [2.75, 3.05) is 12.8 Å². The number of ether oxygens (including phenoxy) is 1. The lowest BCUT2D eigenvalue weighted by molar-refractivity contribution is 0.414. The smallest absolute Gasteiger partial charge is 0.182 e. The highest BCUT2D eigenvalue weighted by molar-refractivity contribution is 7.90. The van der Waals surface area contributed by atoms with Gasteiger partial charge in [0.25, 0.3) is 0 Å². The third kappa shape index (κ3) is 3.00. The molecule has 3 aromatic rings. The van der Waals surface area contributed by atoms with Gasteiger partial charge < -0.3 is 10.5 Å². The molecule has 23 heavy (non-hydrogen) atoms. The van der Waals surface area contributed by atoms with Crippen molar-refractivity contribution in [3.05, 3.63) is 66.2 Å². The van der Waals surface area contributed by atoms with E-state index in [2.05, 4.69) is 0 Å². The van der Waals surface area contributed by atoms with Crippen molar-refractivity contribution < 1.29 is 13.2 Å². The van der Waals surface area contributed by atoms with Gasteiger partial charge in [0.1, 0.15) is 5.75 Å². The molecular weight excluding hydrogens is 310 g/mol. The third-order valence-electron chi connectivity index (χ3n) is 3.81. The topological polar surface area (TPSA) is 69.4 Å². The monoisotopic (exact) mass is 327 g/mol. The van der Waals surface area contributed by atoms with Crippen molar-refractivity contribution in [2.24, 2.45) is 0 Å². The van der Waals surface area contributed by atoms with Crippen LogP contribution in [0.4, 0.5) is 5.69 Å². The minimum Gasteiger partial charge on any atom is -0.497 e. The van der Waals surface area contributed by atoms with Gasteiger partial charge in [0.05, 0.1) is 17.8 Å². The summed E-state index contributed by atoms with van der Waals surface area (Å²) in [5.74, 6) is 0.557. The number of rotatable bonds is 4. The SMILES string of the molecule is COc1ccc(S(=O)(=O)Cc2ccc(N)c3ccccc23)cc1. The fraction of sp³-hybridized carbons (Fsp3) is 0.111. The Morgan fingerprint density at radius 1 is 0.913 bits per heavy atom. The Morgan fingerprint density at radius 2 is 1.57 bits per heavy atom. The zero-order valence-electron chi connectivity index (χ0n) is 12.7. The predicted octanol–water partition coefficient (Wildman–Crippen LogP) is 3.40. The predicted molar refractivity (Wildman–Crippen MR) is 92.2 cm³/mol. The molecule has 4 nitrogen and oxygen atoms in total. The Hall–Kier alpha value is -2.53. The van der Waals surface area contributed by atoms with E-state index in [0.717, 1.165) is 16.3 Å². The Balaban J connectivity index is 2.02. The molecule has 2 N–H and O–H groups in total. The van der Waals surface area contributed by atoms with Gasteiger partial charge in [-0.1, -0.05) is 30.3 Å². The minimum atomic E-state index is -3.44. The van der Waals surface area contributed by atoms with E-state index in [1.165, 1.54) is 0 Å². The number of sulfone groups is 1. The van der Waals surface area contributed by atoms with Gasteiger partial charge in [-0.25, -0.2) is 8.42 Å². The molecule has 3 aromatic carbocycles. The van der Waals surface area contributed by atoms with Gasteiger partial charge in [-0.3, -0.25) is 0 Å². The number of hydrogen-bond donors (Lipinski definition) is 1. The molecule has 0 aromatic heterocycles. The Morgan fingerprint density at radius 3 is 2.22 bits per heavy atom. The lowest BCUT2D eigenvalue weighted by atomic mass is 10.0. The van der Waals surface area contributed by atoms with Crippen LogP contribution in [0.1, 0.15) is 5.56 Å². The molecule has 118 valence electrons. The molecule has 0 aliphatic carbocycles. The standard InChI is InChI=1S/C18H17NO3S/c1-22-14-7-9-15(10-8-14)23(20,21)12-13-6-11-18(19)17-5-3-2-4-16(13)17/h2-11H,12,19H2,1H3. The fourth-order valence-electron chi connectivity index (χ4n) is 2.58. The summed E-state index contributed by atoms with van der Waals surface area (Å²) < 4.78 is 30.4. The minimum absolute atomic E-state index is 0.0693. The molecular formula is C18H17NO3S. The van der Waals surface area contributed by atoms with E-state index in [1.54, 1.807) is 43.5 Å². The molecule has 5 heteroatoms. The van der Waals surface area contributed by atoms with Gasteiger partial charge in [0.15, 0.2) is 9.84 Å². The van der Waals surface area contributed by atoms with E-state index in [4.69, 9.17) is 10.5 Å². The molecule has 0 fully saturated rings. The molecule has 0 saturated carbocycles. The van der Waals surface area contributed by atoms with Gasteiger partial charge in [-0.15, -0.1) is 0 Å². The maximum atomic E-state index is 12.7. The summed E-state index contributed by atoms with van der Waals surface area (Å²) in [6.45, 7) is 0. The first-order valence-corrected chi connectivity index (χ1v) is 8.79. The van der Waals surface area contributed by atoms with E-state index in [9.17, 15) is 8.42 Å². The molecule has 0 amide bonds. The largest absolute Gasteiger partial charge is 0.497 e. The Bertz CT molecular complexity index is 948. The number of benzene rings is 3. The maximum absolute atomic E-state index is 12.7. The number of fused-ring (bicyclic) bond motifs is 1. The van der Waals surface area contributed by atoms with Crippen LogP contribution in [0.5, 0.6) is 5.75 Å². The van der Waals surface area contributed by atoms with Crippen molar-refractivity contribution in [3.63, 3.8) is 0 Å². The van der Waals surface area contributed by atoms with Crippen LogP contribution in [-0.4, -0.2) is 15.5 Å². The lowest BCUT2D eigenvalue weighted by Gasteiger charge is -2.10. The highest BCUT2D eigenvalue weighted by Gasteiger charge is 2.17. The van der Waals surface area contributed by atoms with Crippen molar-refractivity contribution in [1.82, 2.24) is 0 Å². The van der Waals surface area contributed by atoms with Gasteiger partial charge in [0, 0.05) is 11.1 Å². The first-order chi connectivity index (χ1) is 11.0. The summed E-state index contributed by atoms with van der Waals surface area (Å²) in [5, 5.41) is 1.74. The summed E-state index contributed by atoms with van der Waals surface area (Å²) in [6, 6.07) is 17.5. The fourth-order valence-corrected chi connectivity index (χ4v) is 3.96. The van der Waals surface area contributed by atoms with Crippen molar-refractivity contribution in [2.45, 2.75) is 10.6 Å². The van der Waals surface area contributed by atoms with Gasteiger partial charge in [0.2, 0.25) is 0 Å². The normalized spacial score (nSPS) is 11.5. The zero-order chi connectivity index (χ0) is 16.4. The van der Waals surface area contributed by atoms with E-state index in [1.807, 2.05) is 24.3 Å². The average Bonchev–Trinajstić information content (AvgIpc) is 2.58. The number of nitrogens with two attached hydrogens (primary N) is 1. The van der Waals surface area contributed by atoms with Crippen LogP contribution in [-0.2, 0) is 15.6 Å². The second kappa shape index (κ2) is 5.93. The average molecular weight is 327 g/mol. The van der Waals surface area contributed by atoms with Crippen LogP contribution in [0.3, 0.4) is 0 Å². The van der Waals surface area contributed by atoms with Gasteiger partial charge >= 0.3 is 0 Å². The highest BCUT2D eigenvalue weighted by atomic mass is 32.2. The van der Waals surface area contributed by atoms with Gasteiger partial charge in [-0.2, -0.15) is 0 Å². The van der Waals surface area contributed by atoms with E-state index in [0.29, 0.717) is 11.4 Å². The molecule has 0 radical (unpaired) electrons. The number of hydrogen-bond acceptors (Lipinski definition) is 4. The van der Waals surface area contributed by atoms with Crippen molar-refractivity contribution in [3.8, 4) is 5.75 Å². The summed E-state index contributed by atoms with van der Waals surface area (Å²) in [4.78, 5) is 0.277. The van der Waals surface area contributed by atoms with E-state index in [-0.39, 0.29) is 10.6 Å². The first kappa shape index (κ1) is 15.4. The van der Waals surface area contributed by atoms with Crippen LogP contribution in [0.2, 0.25) is 0 Å². The van der Waals surface area contributed by atoms with Crippen molar-refractivity contribution in [1.29, 1.82) is 0 Å². The zero-order valence-corrected chi connectivity index (χ0v) is 13.5.